The molecule has 160 valence electrons. The highest BCUT2D eigenvalue weighted by atomic mass is 35.5. The molecule has 0 spiro atoms. The highest BCUT2D eigenvalue weighted by Crippen LogP contribution is 2.29. The monoisotopic (exact) mass is 473 g/mol. The average Bonchev–Trinajstić information content (AvgIpc) is 2.94. The van der Waals surface area contributed by atoms with Crippen LogP contribution in [0, 0.1) is 12.7 Å². The minimum absolute atomic E-state index is 0.0604. The number of anilines is 1. The van der Waals surface area contributed by atoms with Crippen LogP contribution in [0.3, 0.4) is 0 Å². The van der Waals surface area contributed by atoms with Crippen LogP contribution >= 0.6 is 11.6 Å². The molecule has 1 heterocycles. The lowest BCUT2D eigenvalue weighted by molar-refractivity contribution is 0.485. The zero-order chi connectivity index (χ0) is 22.3. The molecule has 0 amide bonds. The Morgan fingerprint density at radius 3 is 2.20 bits per heavy atom. The molecule has 0 saturated heterocycles. The predicted molar refractivity (Wildman–Crippen MR) is 109 cm³/mol. The summed E-state index contributed by atoms with van der Waals surface area (Å²) in [6.45, 7) is 1.48. The molecule has 3 rings (SSSR count). The van der Waals surface area contributed by atoms with Gasteiger partial charge >= 0.3 is 10.1 Å². The topological polar surface area (TPSA) is 98.6 Å². The zero-order valence-corrected chi connectivity index (χ0v) is 18.5. The second-order valence-corrected chi connectivity index (χ2v) is 10.0. The molecule has 0 aliphatic rings. The molecule has 0 bridgehead atoms. The van der Waals surface area contributed by atoms with Gasteiger partial charge in [-0.05, 0) is 43.3 Å². The van der Waals surface area contributed by atoms with Crippen molar-refractivity contribution in [2.45, 2.75) is 16.7 Å². The van der Waals surface area contributed by atoms with Crippen LogP contribution < -0.4 is 8.49 Å². The number of sulfonamides is 1. The van der Waals surface area contributed by atoms with Crippen LogP contribution in [0.15, 0.2) is 58.3 Å². The third-order valence-corrected chi connectivity index (χ3v) is 8.00. The summed E-state index contributed by atoms with van der Waals surface area (Å²) in [5, 5.41) is 3.84. The molecule has 0 radical (unpaired) electrons. The molecule has 0 unspecified atom stereocenters. The van der Waals surface area contributed by atoms with E-state index >= 15 is 0 Å². The first-order chi connectivity index (χ1) is 13.9. The van der Waals surface area contributed by atoms with E-state index in [0.717, 1.165) is 16.4 Å². The van der Waals surface area contributed by atoms with E-state index in [1.807, 2.05) is 0 Å². The predicted octanol–water partition coefficient (Wildman–Crippen LogP) is 3.11. The van der Waals surface area contributed by atoms with Crippen molar-refractivity contribution in [1.29, 1.82) is 0 Å². The van der Waals surface area contributed by atoms with Gasteiger partial charge in [-0.25, -0.2) is 12.8 Å². The Kier molecular flexibility index (Phi) is 5.81. The largest absolute Gasteiger partial charge is 0.379 e. The van der Waals surface area contributed by atoms with Crippen LogP contribution in [0.2, 0.25) is 5.15 Å². The first-order valence-corrected chi connectivity index (χ1v) is 11.6. The second-order valence-electron chi connectivity index (χ2n) is 6.26. The number of hydrogen-bond acceptors (Lipinski definition) is 6. The van der Waals surface area contributed by atoms with Crippen molar-refractivity contribution in [1.82, 2.24) is 9.78 Å². The number of hydrogen-bond donors (Lipinski definition) is 0. The summed E-state index contributed by atoms with van der Waals surface area (Å²) in [4.78, 5) is -0.730. The van der Waals surface area contributed by atoms with Crippen LogP contribution in [0.1, 0.15) is 5.69 Å². The van der Waals surface area contributed by atoms with E-state index in [1.54, 1.807) is 0 Å². The summed E-state index contributed by atoms with van der Waals surface area (Å²) >= 11 is 5.99. The maximum absolute atomic E-state index is 13.9. The Balaban J connectivity index is 1.87. The molecular weight excluding hydrogens is 457 g/mol. The van der Waals surface area contributed by atoms with Crippen LogP contribution in [-0.4, -0.2) is 33.7 Å². The van der Waals surface area contributed by atoms with Gasteiger partial charge in [-0.3, -0.25) is 8.99 Å². The smallest absolute Gasteiger partial charge is 0.344 e. The van der Waals surface area contributed by atoms with Crippen LogP contribution in [0.25, 0.3) is 0 Å². The Morgan fingerprint density at radius 1 is 1.07 bits per heavy atom. The third kappa shape index (κ3) is 4.00. The summed E-state index contributed by atoms with van der Waals surface area (Å²) in [6.07, 6.45) is 0. The number of rotatable bonds is 6. The Bertz CT molecular complexity index is 1310. The lowest BCUT2D eigenvalue weighted by Gasteiger charge is -2.20. The summed E-state index contributed by atoms with van der Waals surface area (Å²) in [7, 11) is -5.66. The van der Waals surface area contributed by atoms with E-state index < -0.39 is 30.9 Å². The van der Waals surface area contributed by atoms with Crippen molar-refractivity contribution in [3.05, 3.63) is 65.2 Å². The highest BCUT2D eigenvalue weighted by molar-refractivity contribution is 7.92. The van der Waals surface area contributed by atoms with Crippen LogP contribution in [-0.2, 0) is 27.2 Å². The molecule has 2 aromatic carbocycles. The fourth-order valence-electron chi connectivity index (χ4n) is 2.71. The van der Waals surface area contributed by atoms with Crippen molar-refractivity contribution in [2.75, 3.05) is 11.4 Å². The van der Waals surface area contributed by atoms with Gasteiger partial charge in [0, 0.05) is 14.1 Å². The van der Waals surface area contributed by atoms with Gasteiger partial charge in [0.05, 0.1) is 11.4 Å². The van der Waals surface area contributed by atoms with Gasteiger partial charge in [-0.15, -0.1) is 0 Å². The number of benzene rings is 2. The molecule has 0 fully saturated rings. The second kappa shape index (κ2) is 7.89. The zero-order valence-electron chi connectivity index (χ0n) is 16.1. The molecule has 1 aromatic heterocycles. The summed E-state index contributed by atoms with van der Waals surface area (Å²) < 4.78 is 71.5. The molecule has 0 atom stereocenters. The maximum Gasteiger partial charge on any atom is 0.344 e. The SMILES string of the molecule is Cc1nn(C)c(Cl)c1S(=O)(=O)Oc1ccc(N(C)S(=O)(=O)c2ccccc2F)cc1. The highest BCUT2D eigenvalue weighted by Gasteiger charge is 2.28. The Morgan fingerprint density at radius 2 is 1.67 bits per heavy atom. The molecule has 0 aliphatic carbocycles. The number of nitrogens with zero attached hydrogens (tertiary/aromatic N) is 3. The van der Waals surface area contributed by atoms with E-state index in [-0.39, 0.29) is 27.2 Å². The van der Waals surface area contributed by atoms with Crippen LogP contribution in [0.5, 0.6) is 5.75 Å². The fourth-order valence-corrected chi connectivity index (χ4v) is 5.62. The molecule has 0 saturated carbocycles. The standard InChI is InChI=1S/C18H17ClFN3O5S2/c1-12-17(18(19)22(2)21-12)30(26,27)28-14-10-8-13(9-11-14)23(3)29(24,25)16-7-5-4-6-15(16)20/h4-11H,1-3H3. The normalized spacial score (nSPS) is 12.0. The van der Waals surface area contributed by atoms with E-state index in [9.17, 15) is 21.2 Å². The first-order valence-electron chi connectivity index (χ1n) is 8.42. The summed E-state index contributed by atoms with van der Waals surface area (Å²) in [6, 6.07) is 10.2. The lowest BCUT2D eigenvalue weighted by Crippen LogP contribution is -2.27. The van der Waals surface area contributed by atoms with Gasteiger partial charge in [0.1, 0.15) is 21.6 Å². The molecular formula is C18H17ClFN3O5S2. The first kappa shape index (κ1) is 22.1. The molecule has 8 nitrogen and oxygen atoms in total. The molecule has 30 heavy (non-hydrogen) atoms. The van der Waals surface area contributed by atoms with E-state index in [1.165, 1.54) is 62.1 Å². The van der Waals surface area contributed by atoms with Crippen LogP contribution in [0.4, 0.5) is 10.1 Å². The average molecular weight is 474 g/mol. The van der Waals surface area contributed by atoms with Crippen molar-refractivity contribution in [2.24, 2.45) is 7.05 Å². The van der Waals surface area contributed by atoms with Gasteiger partial charge in [-0.1, -0.05) is 23.7 Å². The number of aromatic nitrogens is 2. The van der Waals surface area contributed by atoms with E-state index in [0.29, 0.717) is 0 Å². The minimum Gasteiger partial charge on any atom is -0.379 e. The summed E-state index contributed by atoms with van der Waals surface area (Å²) in [5.74, 6) is -0.936. The van der Waals surface area contributed by atoms with Crippen molar-refractivity contribution >= 4 is 37.4 Å². The van der Waals surface area contributed by atoms with E-state index in [4.69, 9.17) is 15.8 Å². The minimum atomic E-state index is -4.26. The number of halogens is 2. The Hall–Kier alpha value is -2.63. The maximum atomic E-state index is 13.9. The Labute approximate surface area is 178 Å². The van der Waals surface area contributed by atoms with Gasteiger partial charge in [0.15, 0.2) is 4.90 Å². The van der Waals surface area contributed by atoms with Gasteiger partial charge < -0.3 is 4.18 Å². The van der Waals surface area contributed by atoms with Gasteiger partial charge in [0.25, 0.3) is 10.0 Å². The molecule has 0 N–H and O–H groups in total. The lowest BCUT2D eigenvalue weighted by atomic mass is 10.3. The van der Waals surface area contributed by atoms with Crippen molar-refractivity contribution in [3.63, 3.8) is 0 Å². The molecule has 0 aliphatic heterocycles. The van der Waals surface area contributed by atoms with Gasteiger partial charge in [-0.2, -0.15) is 13.5 Å². The number of aryl methyl sites for hydroxylation is 2. The van der Waals surface area contributed by atoms with E-state index in [2.05, 4.69) is 5.10 Å². The van der Waals surface area contributed by atoms with Gasteiger partial charge in [0.2, 0.25) is 0 Å². The fraction of sp³-hybridized carbons (Fsp3) is 0.167. The summed E-state index contributed by atoms with van der Waals surface area (Å²) in [5.41, 5.74) is 0.355. The quantitative estimate of drug-likeness (QED) is 0.510. The molecule has 12 heteroatoms. The van der Waals surface area contributed by atoms with Crippen molar-refractivity contribution in [3.8, 4) is 5.75 Å². The molecule has 3 aromatic rings. The van der Waals surface area contributed by atoms with Crippen molar-refractivity contribution < 1.29 is 25.4 Å². The third-order valence-electron chi connectivity index (χ3n) is 4.23.